The van der Waals surface area contributed by atoms with Gasteiger partial charge in [-0.25, -0.2) is 4.39 Å². The Bertz CT molecular complexity index is 784. The zero-order valence-corrected chi connectivity index (χ0v) is 14.6. The number of anilines is 1. The number of hydrogen-bond donors (Lipinski definition) is 1. The van der Waals surface area contributed by atoms with Crippen LogP contribution in [-0.2, 0) is 14.3 Å². The molecular weight excluding hydrogens is 337 g/mol. The molecule has 1 N–H and O–H groups in total. The van der Waals surface area contributed by atoms with Crippen LogP contribution in [0, 0.1) is 12.7 Å². The molecule has 2 rings (SSSR count). The van der Waals surface area contributed by atoms with E-state index < -0.39 is 23.8 Å². The molecule has 0 heterocycles. The number of halogens is 1. The van der Waals surface area contributed by atoms with Gasteiger partial charge in [-0.05, 0) is 50.2 Å². The molecule has 136 valence electrons. The van der Waals surface area contributed by atoms with Gasteiger partial charge in [0.15, 0.2) is 11.9 Å². The van der Waals surface area contributed by atoms with Gasteiger partial charge in [0.05, 0.1) is 6.42 Å². The summed E-state index contributed by atoms with van der Waals surface area (Å²) in [6.07, 6.45) is -1.21. The molecule has 0 aliphatic rings. The first kappa shape index (κ1) is 19.3. The molecule has 0 fully saturated rings. The van der Waals surface area contributed by atoms with E-state index in [4.69, 9.17) is 4.74 Å². The van der Waals surface area contributed by atoms with Crippen LogP contribution in [0.3, 0.4) is 0 Å². The van der Waals surface area contributed by atoms with Gasteiger partial charge in [-0.2, -0.15) is 0 Å². The normalized spacial score (nSPS) is 11.5. The third-order valence-corrected chi connectivity index (χ3v) is 3.72. The van der Waals surface area contributed by atoms with Crippen molar-refractivity contribution >= 4 is 23.3 Å². The summed E-state index contributed by atoms with van der Waals surface area (Å²) >= 11 is 0. The van der Waals surface area contributed by atoms with Gasteiger partial charge in [-0.15, -0.1) is 0 Å². The second kappa shape index (κ2) is 8.89. The van der Waals surface area contributed by atoms with Crippen molar-refractivity contribution in [1.82, 2.24) is 0 Å². The van der Waals surface area contributed by atoms with E-state index in [0.717, 1.165) is 5.56 Å². The summed E-state index contributed by atoms with van der Waals surface area (Å²) in [7, 11) is 0. The third kappa shape index (κ3) is 5.81. The molecule has 0 saturated heterocycles. The van der Waals surface area contributed by atoms with Gasteiger partial charge in [-0.3, -0.25) is 14.4 Å². The lowest BCUT2D eigenvalue weighted by molar-refractivity contribution is -0.153. The molecule has 0 spiro atoms. The molecule has 0 saturated carbocycles. The van der Waals surface area contributed by atoms with Crippen LogP contribution in [0.15, 0.2) is 48.5 Å². The lowest BCUT2D eigenvalue weighted by Gasteiger charge is -2.13. The molecular formula is C20H20FNO4. The molecule has 0 unspecified atom stereocenters. The van der Waals surface area contributed by atoms with Crippen LogP contribution in [0.4, 0.5) is 10.1 Å². The van der Waals surface area contributed by atoms with E-state index in [0.29, 0.717) is 11.3 Å². The number of ether oxygens (including phenoxy) is 1. The molecule has 2 aromatic carbocycles. The van der Waals surface area contributed by atoms with Crippen LogP contribution in [0.2, 0.25) is 0 Å². The Balaban J connectivity index is 1.79. The van der Waals surface area contributed by atoms with Crippen molar-refractivity contribution in [2.24, 2.45) is 0 Å². The van der Waals surface area contributed by atoms with Crippen molar-refractivity contribution in [2.75, 3.05) is 5.32 Å². The Morgan fingerprint density at radius 2 is 1.62 bits per heavy atom. The fourth-order valence-corrected chi connectivity index (χ4v) is 2.19. The smallest absolute Gasteiger partial charge is 0.307 e. The van der Waals surface area contributed by atoms with E-state index in [-0.39, 0.29) is 18.6 Å². The molecule has 0 aliphatic heterocycles. The predicted molar refractivity (Wildman–Crippen MR) is 95.3 cm³/mol. The number of aryl methyl sites for hydroxylation is 1. The first-order chi connectivity index (χ1) is 12.3. The van der Waals surface area contributed by atoms with Crippen LogP contribution in [-0.4, -0.2) is 23.8 Å². The van der Waals surface area contributed by atoms with Crippen LogP contribution < -0.4 is 5.32 Å². The minimum absolute atomic E-state index is 0.0727. The molecule has 26 heavy (non-hydrogen) atoms. The fraction of sp³-hybridized carbons (Fsp3) is 0.250. The number of esters is 1. The Morgan fingerprint density at radius 3 is 2.23 bits per heavy atom. The van der Waals surface area contributed by atoms with Crippen molar-refractivity contribution in [3.63, 3.8) is 0 Å². The lowest BCUT2D eigenvalue weighted by atomic mass is 10.1. The second-order valence-electron chi connectivity index (χ2n) is 5.92. The van der Waals surface area contributed by atoms with Crippen molar-refractivity contribution in [3.8, 4) is 0 Å². The SMILES string of the molecule is Cc1ccc(NC(=O)[C@H](C)OC(=O)CCC(=O)c2ccc(F)cc2)cc1. The summed E-state index contributed by atoms with van der Waals surface area (Å²) in [6.45, 7) is 3.40. The third-order valence-electron chi connectivity index (χ3n) is 3.72. The lowest BCUT2D eigenvalue weighted by Crippen LogP contribution is -2.30. The van der Waals surface area contributed by atoms with Crippen molar-refractivity contribution in [2.45, 2.75) is 32.8 Å². The first-order valence-electron chi connectivity index (χ1n) is 8.21. The monoisotopic (exact) mass is 357 g/mol. The standard InChI is InChI=1S/C20H20FNO4/c1-13-3-9-17(10-4-13)22-20(25)14(2)26-19(24)12-11-18(23)15-5-7-16(21)8-6-15/h3-10,14H,11-12H2,1-2H3,(H,22,25)/t14-/m0/s1. The summed E-state index contributed by atoms with van der Waals surface area (Å²) in [5.41, 5.74) is 1.99. The summed E-state index contributed by atoms with van der Waals surface area (Å²) in [6, 6.07) is 12.3. The Morgan fingerprint density at radius 1 is 1.00 bits per heavy atom. The van der Waals surface area contributed by atoms with Crippen LogP contribution >= 0.6 is 0 Å². The van der Waals surface area contributed by atoms with Gasteiger partial charge >= 0.3 is 5.97 Å². The zero-order valence-electron chi connectivity index (χ0n) is 14.6. The molecule has 0 aromatic heterocycles. The maximum Gasteiger partial charge on any atom is 0.307 e. The number of benzene rings is 2. The van der Waals surface area contributed by atoms with Crippen molar-refractivity contribution in [1.29, 1.82) is 0 Å². The van der Waals surface area contributed by atoms with Crippen LogP contribution in [0.1, 0.15) is 35.7 Å². The number of hydrogen-bond acceptors (Lipinski definition) is 4. The zero-order chi connectivity index (χ0) is 19.1. The summed E-state index contributed by atoms with van der Waals surface area (Å²) in [5, 5.41) is 2.65. The van der Waals surface area contributed by atoms with Crippen LogP contribution in [0.5, 0.6) is 0 Å². The highest BCUT2D eigenvalue weighted by Gasteiger charge is 2.19. The molecule has 1 atom stereocenters. The molecule has 0 aliphatic carbocycles. The number of ketones is 1. The fourth-order valence-electron chi connectivity index (χ4n) is 2.19. The van der Waals surface area contributed by atoms with Crippen LogP contribution in [0.25, 0.3) is 0 Å². The maximum absolute atomic E-state index is 12.8. The number of nitrogens with one attached hydrogen (secondary N) is 1. The molecule has 1 amide bonds. The number of carbonyl (C=O) groups excluding carboxylic acids is 3. The maximum atomic E-state index is 12.8. The Labute approximate surface area is 151 Å². The predicted octanol–water partition coefficient (Wildman–Crippen LogP) is 3.67. The number of rotatable bonds is 7. The highest BCUT2D eigenvalue weighted by molar-refractivity contribution is 5.98. The average Bonchev–Trinajstić information content (AvgIpc) is 2.62. The summed E-state index contributed by atoms with van der Waals surface area (Å²) in [5.74, 6) is -1.83. The largest absolute Gasteiger partial charge is 0.453 e. The molecule has 0 radical (unpaired) electrons. The minimum Gasteiger partial charge on any atom is -0.453 e. The van der Waals surface area contributed by atoms with E-state index in [1.165, 1.54) is 31.2 Å². The second-order valence-corrected chi connectivity index (χ2v) is 5.92. The van der Waals surface area contributed by atoms with Gasteiger partial charge in [-0.1, -0.05) is 17.7 Å². The average molecular weight is 357 g/mol. The first-order valence-corrected chi connectivity index (χ1v) is 8.21. The molecule has 0 bridgehead atoms. The van der Waals surface area contributed by atoms with E-state index in [9.17, 15) is 18.8 Å². The van der Waals surface area contributed by atoms with Gasteiger partial charge in [0.1, 0.15) is 5.82 Å². The highest BCUT2D eigenvalue weighted by atomic mass is 19.1. The van der Waals surface area contributed by atoms with E-state index >= 15 is 0 Å². The molecule has 2 aromatic rings. The Hall–Kier alpha value is -3.02. The van der Waals surface area contributed by atoms with E-state index in [2.05, 4.69) is 5.32 Å². The highest BCUT2D eigenvalue weighted by Crippen LogP contribution is 2.11. The van der Waals surface area contributed by atoms with E-state index in [1.807, 2.05) is 19.1 Å². The van der Waals surface area contributed by atoms with Crippen molar-refractivity contribution in [3.05, 3.63) is 65.5 Å². The van der Waals surface area contributed by atoms with Crippen molar-refractivity contribution < 1.29 is 23.5 Å². The minimum atomic E-state index is -0.982. The quantitative estimate of drug-likeness (QED) is 0.606. The Kier molecular flexibility index (Phi) is 6.60. The summed E-state index contributed by atoms with van der Waals surface area (Å²) in [4.78, 5) is 35.8. The molecule has 5 nitrogen and oxygen atoms in total. The van der Waals surface area contributed by atoms with Gasteiger partial charge in [0.25, 0.3) is 5.91 Å². The van der Waals surface area contributed by atoms with E-state index in [1.54, 1.807) is 12.1 Å². The van der Waals surface area contributed by atoms with Gasteiger partial charge in [0.2, 0.25) is 0 Å². The van der Waals surface area contributed by atoms with Gasteiger partial charge in [0, 0.05) is 17.7 Å². The number of carbonyl (C=O) groups is 3. The number of amides is 1. The summed E-state index contributed by atoms with van der Waals surface area (Å²) < 4.78 is 17.9. The topological polar surface area (TPSA) is 72.5 Å². The number of Topliss-reactive ketones (excluding diaryl/α,β-unsaturated/α-hetero) is 1. The molecule has 6 heteroatoms. The van der Waals surface area contributed by atoms with Gasteiger partial charge < -0.3 is 10.1 Å².